The van der Waals surface area contributed by atoms with Crippen molar-refractivity contribution in [3.63, 3.8) is 0 Å². The quantitative estimate of drug-likeness (QED) is 0.309. The maximum absolute atomic E-state index is 12.8. The Bertz CT molecular complexity index is 1370. The summed E-state index contributed by atoms with van der Waals surface area (Å²) in [6.45, 7) is 0. The van der Waals surface area contributed by atoms with Crippen LogP contribution in [0.25, 0.3) is 22.4 Å². The number of aromatic nitrogens is 1. The topological polar surface area (TPSA) is 84.2 Å². The highest BCUT2D eigenvalue weighted by molar-refractivity contribution is 8.00. The third-order valence-electron chi connectivity index (χ3n) is 5.28. The second-order valence-electron chi connectivity index (χ2n) is 7.48. The molecule has 0 fully saturated rings. The van der Waals surface area contributed by atoms with Gasteiger partial charge in [0.15, 0.2) is 0 Å². The summed E-state index contributed by atoms with van der Waals surface area (Å²) < 4.78 is 10.6. The summed E-state index contributed by atoms with van der Waals surface area (Å²) in [4.78, 5) is 17.5. The molecule has 7 heteroatoms. The molecule has 1 heterocycles. The second-order valence-corrected chi connectivity index (χ2v) is 8.45. The van der Waals surface area contributed by atoms with Crippen molar-refractivity contribution in [3.8, 4) is 40.0 Å². The predicted octanol–water partition coefficient (Wildman–Crippen LogP) is 6.04. The van der Waals surface area contributed by atoms with Gasteiger partial charge in [-0.05, 0) is 23.8 Å². The number of benzene rings is 3. The third-order valence-corrected chi connectivity index (χ3v) is 6.25. The lowest BCUT2D eigenvalue weighted by Gasteiger charge is -2.13. The van der Waals surface area contributed by atoms with Crippen LogP contribution in [0.4, 0.5) is 5.69 Å². The summed E-state index contributed by atoms with van der Waals surface area (Å²) in [6.07, 6.45) is 0. The molecule has 1 N–H and O–H groups in total. The van der Waals surface area contributed by atoms with Gasteiger partial charge in [-0.15, -0.1) is 0 Å². The molecule has 0 atom stereocenters. The van der Waals surface area contributed by atoms with E-state index in [1.807, 2.05) is 66.7 Å². The molecule has 4 aromatic rings. The van der Waals surface area contributed by atoms with Gasteiger partial charge < -0.3 is 14.8 Å². The lowest BCUT2D eigenvalue weighted by Crippen LogP contribution is -2.15. The number of nitriles is 1. The number of ether oxygens (including phenoxy) is 2. The van der Waals surface area contributed by atoms with Crippen molar-refractivity contribution in [1.29, 1.82) is 5.26 Å². The highest BCUT2D eigenvalue weighted by atomic mass is 32.2. The minimum atomic E-state index is -0.240. The van der Waals surface area contributed by atoms with Gasteiger partial charge in [0, 0.05) is 17.2 Å². The number of hydrogen-bond acceptors (Lipinski definition) is 6. The number of amides is 1. The van der Waals surface area contributed by atoms with Crippen LogP contribution in [0, 0.1) is 11.3 Å². The van der Waals surface area contributed by atoms with Crippen molar-refractivity contribution in [3.05, 3.63) is 90.5 Å². The zero-order valence-electron chi connectivity index (χ0n) is 19.3. The largest absolute Gasteiger partial charge is 0.497 e. The Balaban J connectivity index is 1.64. The Morgan fingerprint density at radius 2 is 1.63 bits per heavy atom. The molecule has 174 valence electrons. The van der Waals surface area contributed by atoms with E-state index in [0.717, 1.165) is 22.4 Å². The third kappa shape index (κ3) is 5.62. The van der Waals surface area contributed by atoms with Gasteiger partial charge in [0.25, 0.3) is 0 Å². The van der Waals surface area contributed by atoms with Crippen LogP contribution >= 0.6 is 11.8 Å². The van der Waals surface area contributed by atoms with Crippen LogP contribution in [0.2, 0.25) is 0 Å². The van der Waals surface area contributed by atoms with E-state index >= 15 is 0 Å². The first-order valence-corrected chi connectivity index (χ1v) is 11.8. The van der Waals surface area contributed by atoms with Crippen molar-refractivity contribution >= 4 is 23.4 Å². The van der Waals surface area contributed by atoms with Crippen LogP contribution < -0.4 is 14.8 Å². The molecule has 0 saturated heterocycles. The fourth-order valence-electron chi connectivity index (χ4n) is 3.56. The summed E-state index contributed by atoms with van der Waals surface area (Å²) in [5.74, 6) is 0.957. The minimum absolute atomic E-state index is 0.0728. The van der Waals surface area contributed by atoms with Gasteiger partial charge in [-0.2, -0.15) is 5.26 Å². The van der Waals surface area contributed by atoms with Gasteiger partial charge >= 0.3 is 0 Å². The van der Waals surface area contributed by atoms with E-state index in [1.165, 1.54) is 18.9 Å². The Labute approximate surface area is 208 Å². The highest BCUT2D eigenvalue weighted by Gasteiger charge is 2.17. The molecular formula is C28H23N3O3S. The van der Waals surface area contributed by atoms with Gasteiger partial charge in [-0.25, -0.2) is 4.98 Å². The summed E-state index contributed by atoms with van der Waals surface area (Å²) >= 11 is 1.23. The van der Waals surface area contributed by atoms with Gasteiger partial charge in [-0.3, -0.25) is 4.79 Å². The number of thioether (sulfide) groups is 1. The number of carbonyl (C=O) groups is 1. The van der Waals surface area contributed by atoms with Crippen molar-refractivity contribution < 1.29 is 14.3 Å². The van der Waals surface area contributed by atoms with E-state index in [2.05, 4.69) is 11.4 Å². The molecule has 6 nitrogen and oxygen atoms in total. The van der Waals surface area contributed by atoms with Gasteiger partial charge in [-0.1, -0.05) is 72.4 Å². The zero-order chi connectivity index (χ0) is 24.6. The molecular weight excluding hydrogens is 458 g/mol. The van der Waals surface area contributed by atoms with Crippen LogP contribution in [0.3, 0.4) is 0 Å². The molecule has 1 amide bonds. The number of nitrogens with zero attached hydrogens (tertiary/aromatic N) is 2. The lowest BCUT2D eigenvalue weighted by molar-refractivity contribution is -0.113. The molecule has 35 heavy (non-hydrogen) atoms. The van der Waals surface area contributed by atoms with Crippen molar-refractivity contribution in [1.82, 2.24) is 4.98 Å². The van der Waals surface area contributed by atoms with Gasteiger partial charge in [0.1, 0.15) is 22.6 Å². The van der Waals surface area contributed by atoms with E-state index in [9.17, 15) is 10.1 Å². The minimum Gasteiger partial charge on any atom is -0.497 e. The Morgan fingerprint density at radius 3 is 2.26 bits per heavy atom. The van der Waals surface area contributed by atoms with Gasteiger partial charge in [0.2, 0.25) is 5.91 Å². The number of carbonyl (C=O) groups excluding carboxylic acids is 1. The van der Waals surface area contributed by atoms with Crippen LogP contribution in [0.1, 0.15) is 5.56 Å². The molecule has 3 aromatic carbocycles. The van der Waals surface area contributed by atoms with Crippen LogP contribution in [0.5, 0.6) is 11.5 Å². The van der Waals surface area contributed by atoms with Crippen LogP contribution in [-0.2, 0) is 4.79 Å². The van der Waals surface area contributed by atoms with Crippen LogP contribution in [0.15, 0.2) is 90.0 Å². The standard InChI is InChI=1S/C28H23N3O3S/c1-33-21-13-14-24(26(15-21)34-2)30-27(32)18-35-28-23(17-29)22(19-9-5-3-6-10-19)16-25(31-28)20-11-7-4-8-12-20/h3-16H,18H2,1-2H3,(H,30,32). The summed E-state index contributed by atoms with van der Waals surface area (Å²) in [5, 5.41) is 13.4. The number of hydrogen-bond donors (Lipinski definition) is 1. The van der Waals surface area contributed by atoms with E-state index in [-0.39, 0.29) is 11.7 Å². The Morgan fingerprint density at radius 1 is 0.943 bits per heavy atom. The van der Waals surface area contributed by atoms with E-state index < -0.39 is 0 Å². The van der Waals surface area contributed by atoms with Crippen molar-refractivity contribution in [2.24, 2.45) is 0 Å². The first kappa shape index (κ1) is 23.9. The molecule has 0 radical (unpaired) electrons. The SMILES string of the molecule is COc1ccc(NC(=O)CSc2nc(-c3ccccc3)cc(-c3ccccc3)c2C#N)c(OC)c1. The fraction of sp³-hybridized carbons (Fsp3) is 0.107. The molecule has 4 rings (SSSR count). The molecule has 0 aliphatic heterocycles. The molecule has 0 bridgehead atoms. The second kappa shape index (κ2) is 11.2. The van der Waals surface area contributed by atoms with Crippen LogP contribution in [-0.4, -0.2) is 30.9 Å². The number of nitrogens with one attached hydrogen (secondary N) is 1. The fourth-order valence-corrected chi connectivity index (χ4v) is 4.36. The number of methoxy groups -OCH3 is 2. The molecule has 0 aliphatic carbocycles. The molecule has 0 spiro atoms. The molecule has 1 aromatic heterocycles. The maximum Gasteiger partial charge on any atom is 0.234 e. The summed E-state index contributed by atoms with van der Waals surface area (Å²) in [5.41, 5.74) is 4.34. The maximum atomic E-state index is 12.8. The monoisotopic (exact) mass is 481 g/mol. The van der Waals surface area contributed by atoms with E-state index in [0.29, 0.717) is 27.8 Å². The zero-order valence-corrected chi connectivity index (χ0v) is 20.1. The van der Waals surface area contributed by atoms with E-state index in [1.54, 1.807) is 25.3 Å². The Kier molecular flexibility index (Phi) is 7.66. The number of pyridine rings is 1. The first-order chi connectivity index (χ1) is 17.1. The van der Waals surface area contributed by atoms with E-state index in [4.69, 9.17) is 14.5 Å². The lowest BCUT2D eigenvalue weighted by atomic mass is 9.99. The summed E-state index contributed by atoms with van der Waals surface area (Å²) in [7, 11) is 3.10. The Hall–Kier alpha value is -4.28. The number of anilines is 1. The average Bonchev–Trinajstić information content (AvgIpc) is 2.92. The molecule has 0 unspecified atom stereocenters. The first-order valence-electron chi connectivity index (χ1n) is 10.8. The molecule has 0 saturated carbocycles. The van der Waals surface area contributed by atoms with Crippen molar-refractivity contribution in [2.45, 2.75) is 5.03 Å². The number of rotatable bonds is 8. The smallest absolute Gasteiger partial charge is 0.234 e. The van der Waals surface area contributed by atoms with Crippen molar-refractivity contribution in [2.75, 3.05) is 25.3 Å². The summed E-state index contributed by atoms with van der Waals surface area (Å²) in [6, 6.07) is 28.9. The highest BCUT2D eigenvalue weighted by Crippen LogP contribution is 2.34. The molecule has 0 aliphatic rings. The predicted molar refractivity (Wildman–Crippen MR) is 139 cm³/mol. The average molecular weight is 482 g/mol. The van der Waals surface area contributed by atoms with Gasteiger partial charge in [0.05, 0.1) is 36.9 Å². The normalized spacial score (nSPS) is 10.3.